The molecule has 0 aliphatic heterocycles. The van der Waals surface area contributed by atoms with E-state index >= 15 is 0 Å². The number of hydrogen-bond donors (Lipinski definition) is 3. The predicted octanol–water partition coefficient (Wildman–Crippen LogP) is 5.64. The summed E-state index contributed by atoms with van der Waals surface area (Å²) in [6, 6.07) is 9.57. The highest BCUT2D eigenvalue weighted by Crippen LogP contribution is 2.33. The average molecular weight is 546 g/mol. The van der Waals surface area contributed by atoms with Gasteiger partial charge in [0, 0.05) is 17.3 Å². The monoisotopic (exact) mass is 545 g/mol. The van der Waals surface area contributed by atoms with Gasteiger partial charge in [0.25, 0.3) is 0 Å². The van der Waals surface area contributed by atoms with Crippen molar-refractivity contribution in [3.8, 4) is 11.5 Å². The van der Waals surface area contributed by atoms with E-state index in [2.05, 4.69) is 25.3 Å². The summed E-state index contributed by atoms with van der Waals surface area (Å²) in [5.74, 6) is 1.01. The second kappa shape index (κ2) is 11.1. The number of anilines is 5. The van der Waals surface area contributed by atoms with Crippen LogP contribution in [-0.2, 0) is 10.0 Å². The number of aromatic nitrogens is 2. The Bertz CT molecular complexity index is 1340. The molecule has 0 spiro atoms. The van der Waals surface area contributed by atoms with Crippen LogP contribution < -0.4 is 24.8 Å². The number of rotatable bonds is 10. The molecule has 0 radical (unpaired) electrons. The van der Waals surface area contributed by atoms with Crippen molar-refractivity contribution in [2.75, 3.05) is 35.3 Å². The first kappa shape index (κ1) is 27.1. The molecule has 14 heteroatoms. The van der Waals surface area contributed by atoms with Gasteiger partial charge >= 0.3 is 6.18 Å². The Morgan fingerprint density at radius 2 is 1.83 bits per heavy atom. The number of halogens is 4. The lowest BCUT2D eigenvalue weighted by atomic mass is 10.2. The van der Waals surface area contributed by atoms with E-state index in [0.717, 1.165) is 6.26 Å². The zero-order chi connectivity index (χ0) is 26.5. The molecular weight excluding hydrogens is 523 g/mol. The fraction of sp³-hybridized carbons (Fsp3) is 0.273. The minimum atomic E-state index is -4.31. The summed E-state index contributed by atoms with van der Waals surface area (Å²) in [7, 11) is -2.15. The Balaban J connectivity index is 1.83. The number of ether oxygens (including phenoxy) is 2. The molecule has 0 saturated heterocycles. The van der Waals surface area contributed by atoms with Crippen molar-refractivity contribution in [1.29, 1.82) is 0 Å². The van der Waals surface area contributed by atoms with Gasteiger partial charge in [-0.3, -0.25) is 4.72 Å². The van der Waals surface area contributed by atoms with Crippen LogP contribution in [0.3, 0.4) is 0 Å². The van der Waals surface area contributed by atoms with E-state index < -0.39 is 29.2 Å². The largest absolute Gasteiger partial charge is 0.497 e. The van der Waals surface area contributed by atoms with Crippen LogP contribution in [0.5, 0.6) is 11.5 Å². The predicted molar refractivity (Wildman–Crippen MR) is 132 cm³/mol. The van der Waals surface area contributed by atoms with Crippen molar-refractivity contribution >= 4 is 50.5 Å². The maximum Gasteiger partial charge on any atom is 0.392 e. The van der Waals surface area contributed by atoms with Gasteiger partial charge < -0.3 is 20.1 Å². The first-order valence-electron chi connectivity index (χ1n) is 10.4. The van der Waals surface area contributed by atoms with Crippen molar-refractivity contribution in [1.82, 2.24) is 9.97 Å². The summed E-state index contributed by atoms with van der Waals surface area (Å²) in [6.45, 7) is 1.17. The molecule has 3 rings (SSSR count). The number of methoxy groups -OCH3 is 1. The number of sulfonamides is 1. The maximum atomic E-state index is 12.4. The van der Waals surface area contributed by atoms with Gasteiger partial charge in [-0.15, -0.1) is 0 Å². The number of benzene rings is 2. The normalized spacial score (nSPS) is 11.6. The molecule has 0 amide bonds. The molecule has 3 N–H and O–H groups in total. The van der Waals surface area contributed by atoms with Crippen molar-refractivity contribution in [2.24, 2.45) is 0 Å². The number of hydrogen-bond acceptors (Lipinski definition) is 8. The van der Waals surface area contributed by atoms with Crippen LogP contribution in [0.1, 0.15) is 12.0 Å². The van der Waals surface area contributed by atoms with Gasteiger partial charge in [0.15, 0.2) is 5.82 Å². The van der Waals surface area contributed by atoms with Crippen LogP contribution in [0.4, 0.5) is 42.0 Å². The van der Waals surface area contributed by atoms with Crippen LogP contribution in [0.25, 0.3) is 0 Å². The highest BCUT2D eigenvalue weighted by molar-refractivity contribution is 7.92. The summed E-state index contributed by atoms with van der Waals surface area (Å²) in [4.78, 5) is 8.48. The molecule has 9 nitrogen and oxygen atoms in total. The molecule has 2 aromatic carbocycles. The zero-order valence-corrected chi connectivity index (χ0v) is 21.0. The summed E-state index contributed by atoms with van der Waals surface area (Å²) < 4.78 is 73.7. The van der Waals surface area contributed by atoms with E-state index in [-0.39, 0.29) is 28.2 Å². The molecular formula is C22H23ClF3N5O4S. The number of alkyl halides is 3. The van der Waals surface area contributed by atoms with Crippen LogP contribution in [0.2, 0.25) is 5.02 Å². The first-order chi connectivity index (χ1) is 16.8. The van der Waals surface area contributed by atoms with Gasteiger partial charge in [-0.1, -0.05) is 17.7 Å². The van der Waals surface area contributed by atoms with Crippen molar-refractivity contribution in [3.05, 3.63) is 53.2 Å². The average Bonchev–Trinajstić information content (AvgIpc) is 2.77. The molecule has 0 saturated carbocycles. The second-order valence-electron chi connectivity index (χ2n) is 7.57. The molecule has 3 aromatic rings. The molecule has 1 heterocycles. The highest BCUT2D eigenvalue weighted by Gasteiger charge is 2.27. The third-order valence-corrected chi connectivity index (χ3v) is 5.56. The fourth-order valence-electron chi connectivity index (χ4n) is 2.99. The van der Waals surface area contributed by atoms with Gasteiger partial charge in [-0.25, -0.2) is 13.4 Å². The molecule has 1 aromatic heterocycles. The van der Waals surface area contributed by atoms with E-state index in [9.17, 15) is 21.6 Å². The molecule has 0 fully saturated rings. The summed E-state index contributed by atoms with van der Waals surface area (Å²) in [5.41, 5.74) is 1.63. The zero-order valence-electron chi connectivity index (χ0n) is 19.4. The van der Waals surface area contributed by atoms with E-state index in [1.165, 1.54) is 19.4 Å². The Labute approximate surface area is 211 Å². The van der Waals surface area contributed by atoms with Gasteiger partial charge in [0.05, 0.1) is 44.0 Å². The summed E-state index contributed by atoms with van der Waals surface area (Å²) in [6.07, 6.45) is -3.03. The lowest BCUT2D eigenvalue weighted by Gasteiger charge is -2.16. The van der Waals surface area contributed by atoms with Gasteiger partial charge in [0.2, 0.25) is 16.0 Å². The van der Waals surface area contributed by atoms with Gasteiger partial charge in [-0.2, -0.15) is 18.2 Å². The Hall–Kier alpha value is -3.45. The Morgan fingerprint density at radius 1 is 1.08 bits per heavy atom. The van der Waals surface area contributed by atoms with E-state index in [4.69, 9.17) is 21.1 Å². The lowest BCUT2D eigenvalue weighted by Crippen LogP contribution is -2.13. The second-order valence-corrected chi connectivity index (χ2v) is 9.72. The Morgan fingerprint density at radius 3 is 2.50 bits per heavy atom. The fourth-order valence-corrected chi connectivity index (χ4v) is 3.70. The molecule has 0 bridgehead atoms. The summed E-state index contributed by atoms with van der Waals surface area (Å²) in [5, 5.41) is 6.12. The Kier molecular flexibility index (Phi) is 8.35. The topological polar surface area (TPSA) is 114 Å². The van der Waals surface area contributed by atoms with E-state index in [1.54, 1.807) is 37.3 Å². The van der Waals surface area contributed by atoms with Crippen LogP contribution in [0, 0.1) is 6.92 Å². The van der Waals surface area contributed by atoms with Gasteiger partial charge in [-0.05, 0) is 31.2 Å². The molecule has 36 heavy (non-hydrogen) atoms. The highest BCUT2D eigenvalue weighted by atomic mass is 35.5. The molecule has 0 aliphatic carbocycles. The molecule has 194 valence electrons. The van der Waals surface area contributed by atoms with Gasteiger partial charge in [0.1, 0.15) is 16.5 Å². The van der Waals surface area contributed by atoms with E-state index in [0.29, 0.717) is 22.7 Å². The van der Waals surface area contributed by atoms with Crippen molar-refractivity contribution < 1.29 is 31.1 Å². The summed E-state index contributed by atoms with van der Waals surface area (Å²) >= 11 is 6.25. The molecule has 0 unspecified atom stereocenters. The molecule has 0 atom stereocenters. The van der Waals surface area contributed by atoms with Crippen LogP contribution in [0.15, 0.2) is 42.6 Å². The minimum absolute atomic E-state index is 0.128. The maximum absolute atomic E-state index is 12.4. The first-order valence-corrected chi connectivity index (χ1v) is 12.6. The third kappa shape index (κ3) is 7.78. The van der Waals surface area contributed by atoms with Crippen molar-refractivity contribution in [3.63, 3.8) is 0 Å². The van der Waals surface area contributed by atoms with E-state index in [1.807, 2.05) is 0 Å². The van der Waals surface area contributed by atoms with Crippen molar-refractivity contribution in [2.45, 2.75) is 19.5 Å². The quantitative estimate of drug-likeness (QED) is 0.300. The van der Waals surface area contributed by atoms with Crippen LogP contribution >= 0.6 is 11.6 Å². The minimum Gasteiger partial charge on any atom is -0.497 e. The smallest absolute Gasteiger partial charge is 0.392 e. The molecule has 0 aliphatic rings. The standard InChI is InChI=1S/C22H23ClF3N5O4S/c1-13-16(5-4-6-19(13)35-10-9-22(24,25)26)29-21-27-12-15(23)20(30-21)28-17-8-7-14(34-2)11-18(17)31-36(3,32)33/h4-8,11-12,31H,9-10H2,1-3H3,(H2,27,28,29,30). The lowest BCUT2D eigenvalue weighted by molar-refractivity contribution is -0.139. The van der Waals surface area contributed by atoms with Crippen LogP contribution in [-0.4, -0.2) is 44.5 Å². The number of nitrogens with zero attached hydrogens (tertiary/aromatic N) is 2. The number of nitrogens with one attached hydrogen (secondary N) is 3. The third-order valence-electron chi connectivity index (χ3n) is 4.69. The SMILES string of the molecule is COc1ccc(Nc2nc(Nc3cccc(OCCC(F)(F)F)c3C)ncc2Cl)c(NS(C)(=O)=O)c1.